The first kappa shape index (κ1) is 22.9. The molecular formula is C17H20F3N3O5S. The summed E-state index contributed by atoms with van der Waals surface area (Å²) in [7, 11) is 0. The van der Waals surface area contributed by atoms with Gasteiger partial charge in [-0.3, -0.25) is 9.48 Å². The molecular weight excluding hydrogens is 415 g/mol. The van der Waals surface area contributed by atoms with Crippen LogP contribution in [0.25, 0.3) is 0 Å². The minimum atomic E-state index is -5.09. The summed E-state index contributed by atoms with van der Waals surface area (Å²) in [6.07, 6.45) is -0.249. The second-order valence-electron chi connectivity index (χ2n) is 6.08. The Morgan fingerprint density at radius 2 is 2.10 bits per heavy atom. The van der Waals surface area contributed by atoms with Crippen molar-refractivity contribution >= 4 is 28.8 Å². The molecule has 0 amide bonds. The van der Waals surface area contributed by atoms with E-state index in [1.54, 1.807) is 13.0 Å². The maximum Gasteiger partial charge on any atom is 0.492 e. The van der Waals surface area contributed by atoms with E-state index in [0.717, 1.165) is 16.8 Å². The van der Waals surface area contributed by atoms with E-state index in [1.165, 1.54) is 24.0 Å². The lowest BCUT2D eigenvalue weighted by atomic mass is 10.1. The molecule has 160 valence electrons. The first-order valence-corrected chi connectivity index (χ1v) is 9.58. The van der Waals surface area contributed by atoms with Gasteiger partial charge in [0.2, 0.25) is 0 Å². The Hall–Kier alpha value is -2.34. The van der Waals surface area contributed by atoms with Crippen molar-refractivity contribution in [3.05, 3.63) is 29.6 Å². The lowest BCUT2D eigenvalue weighted by molar-refractivity contribution is -0.238. The van der Waals surface area contributed by atoms with Crippen LogP contribution in [0.4, 0.5) is 13.2 Å². The number of allylic oxidation sites excluding steroid dienone is 1. The summed E-state index contributed by atoms with van der Waals surface area (Å²) in [6, 6.07) is 0. The highest BCUT2D eigenvalue weighted by Crippen LogP contribution is 2.29. The highest BCUT2D eigenvalue weighted by atomic mass is 32.2. The number of hydrogen-bond donors (Lipinski definition) is 0. The molecule has 1 fully saturated rings. The fourth-order valence-corrected chi connectivity index (χ4v) is 3.55. The molecule has 2 heterocycles. The third-order valence-corrected chi connectivity index (χ3v) is 5.00. The van der Waals surface area contributed by atoms with Crippen LogP contribution in [0.5, 0.6) is 0 Å². The van der Waals surface area contributed by atoms with Crippen LogP contribution < -0.4 is 0 Å². The van der Waals surface area contributed by atoms with Crippen LogP contribution in [-0.2, 0) is 25.7 Å². The quantitative estimate of drug-likeness (QED) is 0.497. The zero-order valence-corrected chi connectivity index (χ0v) is 16.6. The van der Waals surface area contributed by atoms with Gasteiger partial charge in [-0.05, 0) is 18.9 Å². The predicted molar refractivity (Wildman–Crippen MR) is 96.7 cm³/mol. The van der Waals surface area contributed by atoms with Crippen molar-refractivity contribution in [2.45, 2.75) is 38.2 Å². The van der Waals surface area contributed by atoms with Crippen LogP contribution in [0.2, 0.25) is 0 Å². The van der Waals surface area contributed by atoms with Gasteiger partial charge in [0, 0.05) is 24.9 Å². The summed E-state index contributed by atoms with van der Waals surface area (Å²) >= 11 is 1.06. The molecule has 0 N–H and O–H groups in total. The van der Waals surface area contributed by atoms with Gasteiger partial charge in [0.05, 0.1) is 31.5 Å². The third-order valence-electron chi connectivity index (χ3n) is 3.85. The van der Waals surface area contributed by atoms with Gasteiger partial charge in [-0.1, -0.05) is 17.8 Å². The second kappa shape index (κ2) is 9.92. The van der Waals surface area contributed by atoms with Crippen LogP contribution in [0.15, 0.2) is 24.0 Å². The van der Waals surface area contributed by atoms with Crippen LogP contribution >= 0.6 is 11.8 Å². The number of aromatic nitrogens is 2. The number of carbonyl (C=O) groups is 3. The van der Waals surface area contributed by atoms with Crippen LogP contribution in [0.3, 0.4) is 0 Å². The van der Waals surface area contributed by atoms with E-state index in [2.05, 4.69) is 9.94 Å². The van der Waals surface area contributed by atoms with Gasteiger partial charge in [-0.15, -0.1) is 5.06 Å². The van der Waals surface area contributed by atoms with Crippen LogP contribution in [0.1, 0.15) is 30.6 Å². The van der Waals surface area contributed by atoms with Crippen LogP contribution in [-0.4, -0.2) is 63.0 Å². The third kappa shape index (κ3) is 6.89. The molecule has 1 aromatic rings. The minimum absolute atomic E-state index is 0.0683. The Morgan fingerprint density at radius 3 is 2.72 bits per heavy atom. The van der Waals surface area contributed by atoms with Gasteiger partial charge >= 0.3 is 18.1 Å². The highest BCUT2D eigenvalue weighted by Gasteiger charge is 2.43. The maximum atomic E-state index is 12.4. The minimum Gasteiger partial charge on any atom is -0.462 e. The topological polar surface area (TPSA) is 90.7 Å². The first-order valence-electron chi connectivity index (χ1n) is 8.70. The largest absolute Gasteiger partial charge is 0.492 e. The number of halogens is 3. The van der Waals surface area contributed by atoms with Crippen molar-refractivity contribution in [2.24, 2.45) is 0 Å². The Kier molecular flexibility index (Phi) is 7.85. The summed E-state index contributed by atoms with van der Waals surface area (Å²) in [5.41, 5.74) is 0.892. The smallest absolute Gasteiger partial charge is 0.462 e. The summed E-state index contributed by atoms with van der Waals surface area (Å²) in [5.74, 6) is -2.81. The molecule has 0 spiro atoms. The predicted octanol–water partition coefficient (Wildman–Crippen LogP) is 2.36. The van der Waals surface area contributed by atoms with E-state index in [-0.39, 0.29) is 42.2 Å². The molecule has 1 unspecified atom stereocenters. The van der Waals surface area contributed by atoms with E-state index < -0.39 is 18.1 Å². The molecule has 1 aromatic heterocycles. The summed E-state index contributed by atoms with van der Waals surface area (Å²) in [4.78, 5) is 38.6. The van der Waals surface area contributed by atoms with E-state index in [0.29, 0.717) is 12.0 Å². The van der Waals surface area contributed by atoms with Gasteiger partial charge in [0.1, 0.15) is 0 Å². The monoisotopic (exact) mass is 435 g/mol. The number of hydrogen-bond acceptors (Lipinski definition) is 8. The molecule has 0 radical (unpaired) electrons. The molecule has 0 aliphatic carbocycles. The molecule has 12 heteroatoms. The molecule has 2 rings (SSSR count). The lowest BCUT2D eigenvalue weighted by Gasteiger charge is -2.32. The molecule has 1 saturated heterocycles. The van der Waals surface area contributed by atoms with Gasteiger partial charge in [-0.2, -0.15) is 18.3 Å². The Morgan fingerprint density at radius 1 is 1.38 bits per heavy atom. The summed E-state index contributed by atoms with van der Waals surface area (Å²) in [5, 5.41) is 4.57. The second-order valence-corrected chi connectivity index (χ2v) is 7.46. The average Bonchev–Trinajstić information content (AvgIpc) is 3.10. The highest BCUT2D eigenvalue weighted by molar-refractivity contribution is 8.14. The SMILES string of the molecule is CCOC(=O)c1cnn(C/C=C2\CN(OC(=O)C(F)(F)F)CCC2SC(C)=O)c1. The number of piperidine rings is 1. The molecule has 1 aliphatic heterocycles. The summed E-state index contributed by atoms with van der Waals surface area (Å²) in [6.45, 7) is 3.52. The van der Waals surface area contributed by atoms with Gasteiger partial charge < -0.3 is 9.57 Å². The molecule has 29 heavy (non-hydrogen) atoms. The summed E-state index contributed by atoms with van der Waals surface area (Å²) < 4.78 is 43.6. The first-order chi connectivity index (χ1) is 13.6. The van der Waals surface area contributed by atoms with E-state index in [1.807, 2.05) is 0 Å². The van der Waals surface area contributed by atoms with E-state index in [9.17, 15) is 27.6 Å². The fourth-order valence-electron chi connectivity index (χ4n) is 2.60. The zero-order chi connectivity index (χ0) is 21.6. The van der Waals surface area contributed by atoms with Crippen molar-refractivity contribution in [1.29, 1.82) is 0 Å². The number of ether oxygens (including phenoxy) is 1. The van der Waals surface area contributed by atoms with Crippen molar-refractivity contribution in [1.82, 2.24) is 14.8 Å². The number of alkyl halides is 3. The van der Waals surface area contributed by atoms with Crippen molar-refractivity contribution < 1.29 is 37.1 Å². The van der Waals surface area contributed by atoms with Crippen molar-refractivity contribution in [2.75, 3.05) is 19.7 Å². The fraction of sp³-hybridized carbons (Fsp3) is 0.529. The number of nitrogens with zero attached hydrogens (tertiary/aromatic N) is 3. The number of carbonyl (C=O) groups excluding carboxylic acids is 3. The maximum absolute atomic E-state index is 12.4. The lowest BCUT2D eigenvalue weighted by Crippen LogP contribution is -2.41. The molecule has 0 bridgehead atoms. The molecule has 8 nitrogen and oxygen atoms in total. The van der Waals surface area contributed by atoms with Gasteiger partial charge in [0.15, 0.2) is 5.12 Å². The molecule has 1 atom stereocenters. The van der Waals surface area contributed by atoms with E-state index in [4.69, 9.17) is 4.74 Å². The van der Waals surface area contributed by atoms with Crippen molar-refractivity contribution in [3.63, 3.8) is 0 Å². The van der Waals surface area contributed by atoms with Gasteiger partial charge in [-0.25, -0.2) is 9.59 Å². The molecule has 1 aliphatic rings. The van der Waals surface area contributed by atoms with Gasteiger partial charge in [0.25, 0.3) is 0 Å². The Bertz CT molecular complexity index is 794. The number of rotatable bonds is 6. The Labute approximate surface area is 168 Å². The number of hydroxylamine groups is 2. The number of thioether (sulfide) groups is 1. The molecule has 0 saturated carbocycles. The zero-order valence-electron chi connectivity index (χ0n) is 15.8. The molecule has 0 aromatic carbocycles. The van der Waals surface area contributed by atoms with E-state index >= 15 is 0 Å². The Balaban J connectivity index is 2.10. The van der Waals surface area contributed by atoms with Crippen LogP contribution in [0, 0.1) is 0 Å². The normalized spacial score (nSPS) is 19.2. The average molecular weight is 435 g/mol. The number of esters is 1. The van der Waals surface area contributed by atoms with Crippen molar-refractivity contribution in [3.8, 4) is 0 Å². The standard InChI is InChI=1S/C17H20F3N3O5S/c1-3-27-15(25)13-8-21-22(9-13)6-4-12-10-23(28-16(26)17(18,19)20)7-5-14(12)29-11(2)24/h4,8-9,14H,3,5-7,10H2,1-2H3/b12-4+.